The first-order valence-corrected chi connectivity index (χ1v) is 9.09. The van der Waals surface area contributed by atoms with Gasteiger partial charge in [0.2, 0.25) is 0 Å². The number of hydrogen-bond acceptors (Lipinski definition) is 5. The Hall–Kier alpha value is -2.83. The molecule has 0 aliphatic rings. The normalized spacial score (nSPS) is 12.0. The van der Waals surface area contributed by atoms with Crippen LogP contribution in [0.2, 0.25) is 0 Å². The second kappa shape index (κ2) is 9.21. The molecule has 1 unspecified atom stereocenters. The van der Waals surface area contributed by atoms with E-state index in [1.807, 2.05) is 59.3 Å². The number of aryl methyl sites for hydroxylation is 1. The van der Waals surface area contributed by atoms with Crippen molar-refractivity contribution in [2.45, 2.75) is 32.5 Å². The minimum Gasteiger partial charge on any atom is -0.493 e. The van der Waals surface area contributed by atoms with Gasteiger partial charge in [-0.05, 0) is 29.7 Å². The zero-order valence-corrected chi connectivity index (χ0v) is 15.8. The Kier molecular flexibility index (Phi) is 6.46. The summed E-state index contributed by atoms with van der Waals surface area (Å²) in [5, 5.41) is 4.43. The fourth-order valence-corrected chi connectivity index (χ4v) is 3.07. The highest BCUT2D eigenvalue weighted by Crippen LogP contribution is 2.31. The van der Waals surface area contributed by atoms with Crippen LogP contribution < -0.4 is 20.7 Å². The number of nitrogens with two attached hydrogens (primary N) is 1. The minimum absolute atomic E-state index is 0.255. The van der Waals surface area contributed by atoms with E-state index in [-0.39, 0.29) is 6.04 Å². The molecule has 142 valence electrons. The predicted octanol–water partition coefficient (Wildman–Crippen LogP) is 3.43. The van der Waals surface area contributed by atoms with Gasteiger partial charge in [-0.1, -0.05) is 49.4 Å². The molecule has 3 N–H and O–H groups in total. The number of aromatic nitrogens is 2. The van der Waals surface area contributed by atoms with Gasteiger partial charge in [-0.25, -0.2) is 5.43 Å². The lowest BCUT2D eigenvalue weighted by Crippen LogP contribution is -2.31. The number of nitrogens with one attached hydrogen (secondary N) is 1. The summed E-state index contributed by atoms with van der Waals surface area (Å²) < 4.78 is 13.4. The molecule has 1 atom stereocenters. The van der Waals surface area contributed by atoms with Gasteiger partial charge in [0.25, 0.3) is 0 Å². The standard InChI is InChI=1S/C21H26N4O2/c1-3-12-25-21(19(26-2)14-23-25)20(24-22)17-10-7-11-18(13-17)27-15-16-8-5-4-6-9-16/h4-11,13-14,20,24H,3,12,15,22H2,1-2H3. The second-order valence-corrected chi connectivity index (χ2v) is 6.27. The summed E-state index contributed by atoms with van der Waals surface area (Å²) in [5.41, 5.74) is 5.91. The summed E-state index contributed by atoms with van der Waals surface area (Å²) in [4.78, 5) is 0. The zero-order chi connectivity index (χ0) is 19.1. The summed E-state index contributed by atoms with van der Waals surface area (Å²) in [6.45, 7) is 3.42. The molecule has 0 radical (unpaired) electrons. The lowest BCUT2D eigenvalue weighted by atomic mass is 10.0. The molecule has 0 aliphatic carbocycles. The molecule has 2 aromatic carbocycles. The predicted molar refractivity (Wildman–Crippen MR) is 105 cm³/mol. The van der Waals surface area contributed by atoms with Crippen LogP contribution in [0.1, 0.15) is 36.2 Å². The van der Waals surface area contributed by atoms with Crippen molar-refractivity contribution in [3.63, 3.8) is 0 Å². The lowest BCUT2D eigenvalue weighted by Gasteiger charge is -2.20. The van der Waals surface area contributed by atoms with Crippen molar-refractivity contribution < 1.29 is 9.47 Å². The van der Waals surface area contributed by atoms with Gasteiger partial charge in [-0.15, -0.1) is 0 Å². The molecule has 0 spiro atoms. The van der Waals surface area contributed by atoms with Gasteiger partial charge in [0, 0.05) is 6.54 Å². The van der Waals surface area contributed by atoms with E-state index in [0.29, 0.717) is 12.4 Å². The van der Waals surface area contributed by atoms with Gasteiger partial charge < -0.3 is 9.47 Å². The van der Waals surface area contributed by atoms with E-state index >= 15 is 0 Å². The van der Waals surface area contributed by atoms with Gasteiger partial charge in [-0.3, -0.25) is 10.5 Å². The molecule has 1 heterocycles. The van der Waals surface area contributed by atoms with Gasteiger partial charge in [0.05, 0.1) is 19.3 Å². The Labute approximate surface area is 159 Å². The number of nitrogens with zero attached hydrogens (tertiary/aromatic N) is 2. The van der Waals surface area contributed by atoms with Gasteiger partial charge in [0.15, 0.2) is 5.75 Å². The second-order valence-electron chi connectivity index (χ2n) is 6.27. The third-order valence-corrected chi connectivity index (χ3v) is 4.38. The molecular formula is C21H26N4O2. The SMILES string of the molecule is CCCn1ncc(OC)c1C(NN)c1cccc(OCc2ccccc2)c1. The topological polar surface area (TPSA) is 74.3 Å². The van der Waals surface area contributed by atoms with Crippen molar-refractivity contribution in [3.05, 3.63) is 77.6 Å². The third kappa shape index (κ3) is 4.48. The van der Waals surface area contributed by atoms with Crippen molar-refractivity contribution in [1.82, 2.24) is 15.2 Å². The smallest absolute Gasteiger partial charge is 0.161 e. The van der Waals surface area contributed by atoms with Crippen LogP contribution in [-0.4, -0.2) is 16.9 Å². The Balaban J connectivity index is 1.85. The van der Waals surface area contributed by atoms with E-state index in [2.05, 4.69) is 17.4 Å². The van der Waals surface area contributed by atoms with Crippen LogP contribution in [-0.2, 0) is 13.2 Å². The maximum absolute atomic E-state index is 5.96. The van der Waals surface area contributed by atoms with E-state index in [9.17, 15) is 0 Å². The quantitative estimate of drug-likeness (QED) is 0.448. The van der Waals surface area contributed by atoms with Crippen LogP contribution in [0.5, 0.6) is 11.5 Å². The van der Waals surface area contributed by atoms with Crippen LogP contribution in [0, 0.1) is 0 Å². The van der Waals surface area contributed by atoms with E-state index < -0.39 is 0 Å². The Morgan fingerprint density at radius 1 is 1.15 bits per heavy atom. The van der Waals surface area contributed by atoms with Crippen LogP contribution >= 0.6 is 0 Å². The number of rotatable bonds is 9. The van der Waals surface area contributed by atoms with Crippen LogP contribution in [0.15, 0.2) is 60.8 Å². The van der Waals surface area contributed by atoms with Crippen LogP contribution in [0.25, 0.3) is 0 Å². The molecule has 0 saturated heterocycles. The molecule has 1 aromatic heterocycles. The summed E-state index contributed by atoms with van der Waals surface area (Å²) >= 11 is 0. The molecule has 0 saturated carbocycles. The molecule has 0 fully saturated rings. The average molecular weight is 366 g/mol. The molecule has 6 heteroatoms. The number of ether oxygens (including phenoxy) is 2. The summed E-state index contributed by atoms with van der Waals surface area (Å²) in [7, 11) is 1.64. The maximum Gasteiger partial charge on any atom is 0.161 e. The first kappa shape index (κ1) is 18.9. The van der Waals surface area contributed by atoms with Crippen molar-refractivity contribution in [2.75, 3.05) is 7.11 Å². The molecule has 3 aromatic rings. The summed E-state index contributed by atoms with van der Waals surface area (Å²) in [6.07, 6.45) is 2.69. The van der Waals surface area contributed by atoms with E-state index in [1.54, 1.807) is 13.3 Å². The van der Waals surface area contributed by atoms with Crippen molar-refractivity contribution >= 4 is 0 Å². The highest BCUT2D eigenvalue weighted by Gasteiger charge is 2.23. The monoisotopic (exact) mass is 366 g/mol. The molecule has 0 bridgehead atoms. The van der Waals surface area contributed by atoms with Crippen molar-refractivity contribution in [2.24, 2.45) is 5.84 Å². The number of hydrazine groups is 1. The maximum atomic E-state index is 5.96. The van der Waals surface area contributed by atoms with Gasteiger partial charge in [-0.2, -0.15) is 5.10 Å². The van der Waals surface area contributed by atoms with Crippen LogP contribution in [0.4, 0.5) is 0 Å². The number of methoxy groups -OCH3 is 1. The third-order valence-electron chi connectivity index (χ3n) is 4.38. The summed E-state index contributed by atoms with van der Waals surface area (Å²) in [6, 6.07) is 17.8. The fourth-order valence-electron chi connectivity index (χ4n) is 3.07. The molecule has 0 aliphatic heterocycles. The number of hydrogen-bond donors (Lipinski definition) is 2. The van der Waals surface area contributed by atoms with Gasteiger partial charge in [0.1, 0.15) is 18.1 Å². The Morgan fingerprint density at radius 3 is 2.67 bits per heavy atom. The lowest BCUT2D eigenvalue weighted by molar-refractivity contribution is 0.305. The highest BCUT2D eigenvalue weighted by atomic mass is 16.5. The highest BCUT2D eigenvalue weighted by molar-refractivity contribution is 5.39. The van der Waals surface area contributed by atoms with E-state index in [0.717, 1.165) is 35.5 Å². The first-order chi connectivity index (χ1) is 13.3. The van der Waals surface area contributed by atoms with Gasteiger partial charge >= 0.3 is 0 Å². The molecule has 27 heavy (non-hydrogen) atoms. The largest absolute Gasteiger partial charge is 0.493 e. The average Bonchev–Trinajstić information content (AvgIpc) is 3.11. The van der Waals surface area contributed by atoms with Crippen molar-refractivity contribution in [1.29, 1.82) is 0 Å². The summed E-state index contributed by atoms with van der Waals surface area (Å²) in [5.74, 6) is 7.41. The number of benzene rings is 2. The Bertz CT molecular complexity index is 848. The first-order valence-electron chi connectivity index (χ1n) is 9.09. The minimum atomic E-state index is -0.255. The van der Waals surface area contributed by atoms with E-state index in [1.165, 1.54) is 0 Å². The molecule has 6 nitrogen and oxygen atoms in total. The van der Waals surface area contributed by atoms with Crippen molar-refractivity contribution in [3.8, 4) is 11.5 Å². The molecule has 0 amide bonds. The van der Waals surface area contributed by atoms with E-state index in [4.69, 9.17) is 15.3 Å². The molecule has 3 rings (SSSR count). The zero-order valence-electron chi connectivity index (χ0n) is 15.8. The van der Waals surface area contributed by atoms with Crippen LogP contribution in [0.3, 0.4) is 0 Å². The Morgan fingerprint density at radius 2 is 1.96 bits per heavy atom. The molecular weight excluding hydrogens is 340 g/mol. The fraction of sp³-hybridized carbons (Fsp3) is 0.286.